The number of carbonyl (C=O) groups is 1. The van der Waals surface area contributed by atoms with Crippen LogP contribution in [0.3, 0.4) is 0 Å². The predicted octanol–water partition coefficient (Wildman–Crippen LogP) is 3.13. The molecule has 16 heavy (non-hydrogen) atoms. The SMILES string of the molecule is CC(C)/C=C/NC(=O)N(C)C1CCCCC1. The highest BCUT2D eigenvalue weighted by Crippen LogP contribution is 2.21. The van der Waals surface area contributed by atoms with E-state index in [4.69, 9.17) is 0 Å². The molecule has 1 saturated carbocycles. The van der Waals surface area contributed by atoms with Gasteiger partial charge in [-0.15, -0.1) is 0 Å². The molecule has 1 aliphatic carbocycles. The fraction of sp³-hybridized carbons (Fsp3) is 0.769. The lowest BCUT2D eigenvalue weighted by molar-refractivity contribution is 0.177. The second-order valence-electron chi connectivity index (χ2n) is 4.96. The summed E-state index contributed by atoms with van der Waals surface area (Å²) in [5.74, 6) is 0.472. The molecule has 0 saturated heterocycles. The lowest BCUT2D eigenvalue weighted by Gasteiger charge is -2.30. The Labute approximate surface area is 98.9 Å². The Hall–Kier alpha value is -0.990. The van der Waals surface area contributed by atoms with Gasteiger partial charge in [-0.3, -0.25) is 0 Å². The summed E-state index contributed by atoms with van der Waals surface area (Å²) in [7, 11) is 1.90. The van der Waals surface area contributed by atoms with Crippen molar-refractivity contribution in [3.8, 4) is 0 Å². The van der Waals surface area contributed by atoms with E-state index < -0.39 is 0 Å². The molecule has 0 aromatic heterocycles. The van der Waals surface area contributed by atoms with Crippen LogP contribution in [0.15, 0.2) is 12.3 Å². The summed E-state index contributed by atoms with van der Waals surface area (Å²) in [6.45, 7) is 4.18. The Bertz CT molecular complexity index is 242. The summed E-state index contributed by atoms with van der Waals surface area (Å²) in [6.07, 6.45) is 9.88. The van der Waals surface area contributed by atoms with E-state index in [1.54, 1.807) is 6.20 Å². The molecule has 2 amide bonds. The van der Waals surface area contributed by atoms with Crippen LogP contribution in [0.2, 0.25) is 0 Å². The van der Waals surface area contributed by atoms with Crippen LogP contribution >= 0.6 is 0 Å². The first-order valence-corrected chi connectivity index (χ1v) is 6.31. The van der Waals surface area contributed by atoms with Gasteiger partial charge in [-0.05, 0) is 18.8 Å². The molecular weight excluding hydrogens is 200 g/mol. The zero-order valence-electron chi connectivity index (χ0n) is 10.7. The minimum absolute atomic E-state index is 0.0174. The number of hydrogen-bond donors (Lipinski definition) is 1. The molecule has 1 aliphatic rings. The van der Waals surface area contributed by atoms with E-state index in [-0.39, 0.29) is 6.03 Å². The van der Waals surface area contributed by atoms with Gasteiger partial charge in [-0.2, -0.15) is 0 Å². The standard InChI is InChI=1S/C13H24N2O/c1-11(2)9-10-14-13(16)15(3)12-7-5-4-6-8-12/h9-12H,4-8H2,1-3H3,(H,14,16)/b10-9+. The fourth-order valence-corrected chi connectivity index (χ4v) is 2.05. The second-order valence-corrected chi connectivity index (χ2v) is 4.96. The van der Waals surface area contributed by atoms with E-state index >= 15 is 0 Å². The van der Waals surface area contributed by atoms with Crippen LogP contribution in [0.1, 0.15) is 46.0 Å². The molecular formula is C13H24N2O. The number of nitrogens with one attached hydrogen (secondary N) is 1. The van der Waals surface area contributed by atoms with E-state index in [1.165, 1.54) is 19.3 Å². The van der Waals surface area contributed by atoms with Crippen molar-refractivity contribution in [2.45, 2.75) is 52.0 Å². The predicted molar refractivity (Wildman–Crippen MR) is 67.1 cm³/mol. The van der Waals surface area contributed by atoms with Crippen molar-refractivity contribution in [1.82, 2.24) is 10.2 Å². The lowest BCUT2D eigenvalue weighted by atomic mass is 9.95. The number of rotatable bonds is 3. The summed E-state index contributed by atoms with van der Waals surface area (Å²) >= 11 is 0. The molecule has 0 heterocycles. The third-order valence-corrected chi connectivity index (χ3v) is 3.13. The summed E-state index contributed by atoms with van der Waals surface area (Å²) in [4.78, 5) is 13.6. The van der Waals surface area contributed by atoms with Gasteiger partial charge in [0, 0.05) is 19.3 Å². The molecule has 1 fully saturated rings. The first kappa shape index (κ1) is 13.1. The quantitative estimate of drug-likeness (QED) is 0.784. The summed E-state index contributed by atoms with van der Waals surface area (Å²) < 4.78 is 0. The topological polar surface area (TPSA) is 32.3 Å². The summed E-state index contributed by atoms with van der Waals surface area (Å²) in [6, 6.07) is 0.449. The highest BCUT2D eigenvalue weighted by molar-refractivity contribution is 5.75. The molecule has 1 rings (SSSR count). The average molecular weight is 224 g/mol. The van der Waals surface area contributed by atoms with E-state index in [0.29, 0.717) is 12.0 Å². The fourth-order valence-electron chi connectivity index (χ4n) is 2.05. The first-order chi connectivity index (χ1) is 7.61. The molecule has 0 aromatic carbocycles. The van der Waals surface area contributed by atoms with Gasteiger partial charge in [0.2, 0.25) is 0 Å². The van der Waals surface area contributed by atoms with Gasteiger partial charge in [-0.1, -0.05) is 39.2 Å². The molecule has 0 aromatic rings. The van der Waals surface area contributed by atoms with Crippen LogP contribution in [0.4, 0.5) is 4.79 Å². The van der Waals surface area contributed by atoms with Gasteiger partial charge < -0.3 is 10.2 Å². The van der Waals surface area contributed by atoms with Crippen LogP contribution in [-0.4, -0.2) is 24.0 Å². The molecule has 92 valence electrons. The van der Waals surface area contributed by atoms with E-state index in [2.05, 4.69) is 19.2 Å². The third kappa shape index (κ3) is 4.25. The number of allylic oxidation sites excluding steroid dienone is 1. The van der Waals surface area contributed by atoms with Crippen LogP contribution < -0.4 is 5.32 Å². The van der Waals surface area contributed by atoms with Gasteiger partial charge in [-0.25, -0.2) is 4.79 Å². The Kier molecular flexibility index (Phi) is 5.36. The Morgan fingerprint density at radius 2 is 1.94 bits per heavy atom. The van der Waals surface area contributed by atoms with Gasteiger partial charge >= 0.3 is 6.03 Å². The molecule has 0 atom stereocenters. The number of carbonyl (C=O) groups excluding carboxylic acids is 1. The maximum Gasteiger partial charge on any atom is 0.321 e. The minimum atomic E-state index is 0.0174. The Morgan fingerprint density at radius 1 is 1.31 bits per heavy atom. The Balaban J connectivity index is 2.34. The minimum Gasteiger partial charge on any atom is -0.325 e. The van der Waals surface area contributed by atoms with E-state index in [9.17, 15) is 4.79 Å². The monoisotopic (exact) mass is 224 g/mol. The third-order valence-electron chi connectivity index (χ3n) is 3.13. The molecule has 0 aliphatic heterocycles. The normalized spacial score (nSPS) is 18.0. The van der Waals surface area contributed by atoms with Crippen molar-refractivity contribution >= 4 is 6.03 Å². The molecule has 0 radical (unpaired) electrons. The van der Waals surface area contributed by atoms with Crippen molar-refractivity contribution in [2.75, 3.05) is 7.05 Å². The smallest absolute Gasteiger partial charge is 0.321 e. The van der Waals surface area contributed by atoms with Gasteiger partial charge in [0.05, 0.1) is 0 Å². The largest absolute Gasteiger partial charge is 0.325 e. The summed E-state index contributed by atoms with van der Waals surface area (Å²) in [5.41, 5.74) is 0. The molecule has 0 bridgehead atoms. The van der Waals surface area contributed by atoms with Crippen molar-refractivity contribution in [3.05, 3.63) is 12.3 Å². The lowest BCUT2D eigenvalue weighted by Crippen LogP contribution is -2.42. The molecule has 1 N–H and O–H groups in total. The van der Waals surface area contributed by atoms with Gasteiger partial charge in [0.25, 0.3) is 0 Å². The zero-order valence-corrected chi connectivity index (χ0v) is 10.7. The van der Waals surface area contributed by atoms with E-state index in [0.717, 1.165) is 12.8 Å². The molecule has 0 spiro atoms. The highest BCUT2D eigenvalue weighted by atomic mass is 16.2. The first-order valence-electron chi connectivity index (χ1n) is 6.31. The number of urea groups is 1. The van der Waals surface area contributed by atoms with Crippen molar-refractivity contribution in [3.63, 3.8) is 0 Å². The number of amides is 2. The number of nitrogens with zero attached hydrogens (tertiary/aromatic N) is 1. The Morgan fingerprint density at radius 3 is 2.50 bits per heavy atom. The molecule has 3 nitrogen and oxygen atoms in total. The highest BCUT2D eigenvalue weighted by Gasteiger charge is 2.21. The second kappa shape index (κ2) is 6.56. The van der Waals surface area contributed by atoms with Crippen LogP contribution in [0.25, 0.3) is 0 Å². The van der Waals surface area contributed by atoms with Gasteiger partial charge in [0.15, 0.2) is 0 Å². The van der Waals surface area contributed by atoms with E-state index in [1.807, 2.05) is 18.0 Å². The molecule has 3 heteroatoms. The van der Waals surface area contributed by atoms with Crippen LogP contribution in [-0.2, 0) is 0 Å². The number of hydrogen-bond acceptors (Lipinski definition) is 1. The maximum atomic E-state index is 11.8. The molecule has 0 unspecified atom stereocenters. The van der Waals surface area contributed by atoms with Crippen LogP contribution in [0, 0.1) is 5.92 Å². The summed E-state index contributed by atoms with van der Waals surface area (Å²) in [5, 5.41) is 2.82. The maximum absolute atomic E-state index is 11.8. The van der Waals surface area contributed by atoms with Crippen molar-refractivity contribution in [1.29, 1.82) is 0 Å². The van der Waals surface area contributed by atoms with Crippen molar-refractivity contribution in [2.24, 2.45) is 5.92 Å². The average Bonchev–Trinajstić information content (AvgIpc) is 2.28. The van der Waals surface area contributed by atoms with Crippen LogP contribution in [0.5, 0.6) is 0 Å². The zero-order chi connectivity index (χ0) is 12.0. The van der Waals surface area contributed by atoms with Crippen molar-refractivity contribution < 1.29 is 4.79 Å². The van der Waals surface area contributed by atoms with Gasteiger partial charge in [0.1, 0.15) is 0 Å².